The zero-order valence-corrected chi connectivity index (χ0v) is 16.4. The fourth-order valence-corrected chi connectivity index (χ4v) is 4.35. The third-order valence-electron chi connectivity index (χ3n) is 5.99. The van der Waals surface area contributed by atoms with Crippen molar-refractivity contribution in [1.29, 1.82) is 0 Å². The Bertz CT molecular complexity index is 575. The maximum absolute atomic E-state index is 5.47. The van der Waals surface area contributed by atoms with Crippen LogP contribution in [-0.2, 0) is 16.0 Å². The molecule has 1 aromatic rings. The lowest BCUT2D eigenvalue weighted by molar-refractivity contribution is 0.0301. The lowest BCUT2D eigenvalue weighted by atomic mass is 9.98. The molecule has 1 aromatic heterocycles. The SMILES string of the molecule is c1cc(CN2CCCCC2CCN2CCOCC2)nc(N2CCOCC2)n1. The van der Waals surface area contributed by atoms with Crippen molar-refractivity contribution >= 4 is 5.95 Å². The van der Waals surface area contributed by atoms with Crippen LogP contribution < -0.4 is 4.90 Å². The maximum atomic E-state index is 5.47. The van der Waals surface area contributed by atoms with E-state index >= 15 is 0 Å². The van der Waals surface area contributed by atoms with E-state index in [0.717, 1.165) is 70.8 Å². The molecule has 4 rings (SSSR count). The Morgan fingerprint density at radius 2 is 1.74 bits per heavy atom. The van der Waals surface area contributed by atoms with Gasteiger partial charge in [-0.15, -0.1) is 0 Å². The van der Waals surface area contributed by atoms with Crippen LogP contribution in [0.1, 0.15) is 31.4 Å². The van der Waals surface area contributed by atoms with Gasteiger partial charge in [-0.2, -0.15) is 0 Å². The fraction of sp³-hybridized carbons (Fsp3) is 0.800. The summed E-state index contributed by atoms with van der Waals surface area (Å²) in [5.41, 5.74) is 1.14. The van der Waals surface area contributed by atoms with Crippen LogP contribution >= 0.6 is 0 Å². The Kier molecular flexibility index (Phi) is 6.90. The predicted molar refractivity (Wildman–Crippen MR) is 105 cm³/mol. The van der Waals surface area contributed by atoms with E-state index in [1.807, 2.05) is 6.20 Å². The van der Waals surface area contributed by atoms with Crippen molar-refractivity contribution in [3.05, 3.63) is 18.0 Å². The van der Waals surface area contributed by atoms with Crippen LogP contribution in [0, 0.1) is 0 Å². The first kappa shape index (κ1) is 19.1. The highest BCUT2D eigenvalue weighted by Gasteiger charge is 2.24. The molecule has 0 aromatic carbocycles. The lowest BCUT2D eigenvalue weighted by Gasteiger charge is -2.37. The number of hydrogen-bond acceptors (Lipinski definition) is 7. The number of piperidine rings is 1. The molecule has 0 amide bonds. The molecule has 150 valence electrons. The van der Waals surface area contributed by atoms with Crippen LogP contribution in [0.4, 0.5) is 5.95 Å². The first-order valence-electron chi connectivity index (χ1n) is 10.6. The zero-order valence-electron chi connectivity index (χ0n) is 16.4. The number of rotatable bonds is 6. The van der Waals surface area contributed by atoms with Crippen molar-refractivity contribution in [3.8, 4) is 0 Å². The summed E-state index contributed by atoms with van der Waals surface area (Å²) in [5, 5.41) is 0. The molecule has 3 fully saturated rings. The summed E-state index contributed by atoms with van der Waals surface area (Å²) in [6.45, 7) is 10.6. The van der Waals surface area contributed by atoms with Gasteiger partial charge in [-0.3, -0.25) is 9.80 Å². The van der Waals surface area contributed by atoms with E-state index in [4.69, 9.17) is 14.5 Å². The second kappa shape index (κ2) is 9.78. The molecule has 4 heterocycles. The van der Waals surface area contributed by atoms with Crippen molar-refractivity contribution in [3.63, 3.8) is 0 Å². The van der Waals surface area contributed by atoms with Gasteiger partial charge in [0.25, 0.3) is 0 Å². The van der Waals surface area contributed by atoms with Crippen molar-refractivity contribution in [2.24, 2.45) is 0 Å². The Morgan fingerprint density at radius 1 is 0.963 bits per heavy atom. The summed E-state index contributed by atoms with van der Waals surface area (Å²) < 4.78 is 10.9. The van der Waals surface area contributed by atoms with E-state index in [-0.39, 0.29) is 0 Å². The molecule has 3 aliphatic rings. The quantitative estimate of drug-likeness (QED) is 0.745. The molecule has 0 radical (unpaired) electrons. The highest BCUT2D eigenvalue weighted by atomic mass is 16.5. The molecule has 0 aliphatic carbocycles. The van der Waals surface area contributed by atoms with Gasteiger partial charge in [-0.25, -0.2) is 9.97 Å². The second-order valence-electron chi connectivity index (χ2n) is 7.81. The third-order valence-corrected chi connectivity index (χ3v) is 5.99. The van der Waals surface area contributed by atoms with Gasteiger partial charge in [-0.1, -0.05) is 6.42 Å². The predicted octanol–water partition coefficient (Wildman–Crippen LogP) is 1.39. The summed E-state index contributed by atoms with van der Waals surface area (Å²) in [4.78, 5) is 16.8. The summed E-state index contributed by atoms with van der Waals surface area (Å²) in [7, 11) is 0. The van der Waals surface area contributed by atoms with E-state index in [2.05, 4.69) is 25.8 Å². The van der Waals surface area contributed by atoms with Crippen LogP contribution in [0.2, 0.25) is 0 Å². The van der Waals surface area contributed by atoms with Gasteiger partial charge < -0.3 is 14.4 Å². The largest absolute Gasteiger partial charge is 0.379 e. The molecule has 7 nitrogen and oxygen atoms in total. The van der Waals surface area contributed by atoms with Gasteiger partial charge in [-0.05, 0) is 38.4 Å². The number of ether oxygens (including phenoxy) is 2. The zero-order chi connectivity index (χ0) is 18.3. The normalized spacial score (nSPS) is 25.6. The number of morpholine rings is 2. The van der Waals surface area contributed by atoms with Gasteiger partial charge in [0.2, 0.25) is 5.95 Å². The summed E-state index contributed by atoms with van der Waals surface area (Å²) in [5.74, 6) is 0.859. The molecule has 3 aliphatic heterocycles. The fourth-order valence-electron chi connectivity index (χ4n) is 4.35. The van der Waals surface area contributed by atoms with E-state index in [1.165, 1.54) is 38.8 Å². The van der Waals surface area contributed by atoms with Gasteiger partial charge >= 0.3 is 0 Å². The minimum absolute atomic E-state index is 0.670. The van der Waals surface area contributed by atoms with Crippen LogP contribution in [0.25, 0.3) is 0 Å². The number of hydrogen-bond donors (Lipinski definition) is 0. The van der Waals surface area contributed by atoms with Crippen LogP contribution in [-0.4, -0.2) is 91.5 Å². The Balaban J connectivity index is 1.34. The van der Waals surface area contributed by atoms with Gasteiger partial charge in [0.05, 0.1) is 32.1 Å². The molecule has 27 heavy (non-hydrogen) atoms. The molecule has 3 saturated heterocycles. The van der Waals surface area contributed by atoms with Crippen LogP contribution in [0.5, 0.6) is 0 Å². The minimum atomic E-state index is 0.670. The molecule has 0 saturated carbocycles. The van der Waals surface area contributed by atoms with Crippen molar-refractivity contribution < 1.29 is 9.47 Å². The molecule has 1 atom stereocenters. The molecule has 0 bridgehead atoms. The molecular weight excluding hydrogens is 342 g/mol. The van der Waals surface area contributed by atoms with Gasteiger partial charge in [0.1, 0.15) is 0 Å². The molecule has 0 N–H and O–H groups in total. The molecule has 7 heteroatoms. The number of anilines is 1. The number of aromatic nitrogens is 2. The van der Waals surface area contributed by atoms with E-state index in [9.17, 15) is 0 Å². The Hall–Kier alpha value is -1.28. The monoisotopic (exact) mass is 375 g/mol. The number of likely N-dealkylation sites (tertiary alicyclic amines) is 1. The first-order chi connectivity index (χ1) is 13.4. The van der Waals surface area contributed by atoms with Gasteiger partial charge in [0.15, 0.2) is 0 Å². The second-order valence-corrected chi connectivity index (χ2v) is 7.81. The maximum Gasteiger partial charge on any atom is 0.225 e. The highest BCUT2D eigenvalue weighted by molar-refractivity contribution is 5.30. The summed E-state index contributed by atoms with van der Waals surface area (Å²) >= 11 is 0. The first-order valence-corrected chi connectivity index (χ1v) is 10.6. The van der Waals surface area contributed by atoms with Crippen molar-refractivity contribution in [1.82, 2.24) is 19.8 Å². The smallest absolute Gasteiger partial charge is 0.225 e. The number of nitrogens with zero attached hydrogens (tertiary/aromatic N) is 5. The standard InChI is InChI=1S/C20H33N5O2/c1-2-7-25(19(3-1)5-8-23-9-13-26-14-10-23)17-18-4-6-21-20(22-18)24-11-15-27-16-12-24/h4,6,19H,1-3,5,7-17H2. The molecular formula is C20H33N5O2. The Labute approximate surface area is 162 Å². The summed E-state index contributed by atoms with van der Waals surface area (Å²) in [6.07, 6.45) is 7.13. The molecule has 1 unspecified atom stereocenters. The van der Waals surface area contributed by atoms with Crippen molar-refractivity contribution in [2.75, 3.05) is 70.6 Å². The van der Waals surface area contributed by atoms with E-state index in [0.29, 0.717) is 6.04 Å². The summed E-state index contributed by atoms with van der Waals surface area (Å²) in [6, 6.07) is 2.75. The highest BCUT2D eigenvalue weighted by Crippen LogP contribution is 2.22. The van der Waals surface area contributed by atoms with Gasteiger partial charge in [0, 0.05) is 45.0 Å². The lowest BCUT2D eigenvalue weighted by Crippen LogP contribution is -2.43. The topological polar surface area (TPSA) is 54.0 Å². The van der Waals surface area contributed by atoms with Crippen LogP contribution in [0.3, 0.4) is 0 Å². The van der Waals surface area contributed by atoms with E-state index < -0.39 is 0 Å². The average Bonchev–Trinajstić information content (AvgIpc) is 2.75. The average molecular weight is 376 g/mol. The third kappa shape index (κ3) is 5.38. The Morgan fingerprint density at radius 3 is 2.56 bits per heavy atom. The van der Waals surface area contributed by atoms with Crippen molar-refractivity contribution in [2.45, 2.75) is 38.3 Å². The minimum Gasteiger partial charge on any atom is -0.379 e. The van der Waals surface area contributed by atoms with Crippen LogP contribution in [0.15, 0.2) is 12.3 Å². The van der Waals surface area contributed by atoms with E-state index in [1.54, 1.807) is 0 Å². The molecule has 0 spiro atoms.